The van der Waals surface area contributed by atoms with Crippen LogP contribution in [0.1, 0.15) is 11.1 Å². The van der Waals surface area contributed by atoms with E-state index in [1.54, 1.807) is 6.07 Å². The van der Waals surface area contributed by atoms with E-state index in [1.807, 2.05) is 19.1 Å². The maximum absolute atomic E-state index is 13.0. The SMILES string of the molecule is Cc1ccc(Br)cc1CC(F)(F)CN. The van der Waals surface area contributed by atoms with Gasteiger partial charge in [-0.3, -0.25) is 0 Å². The number of hydrogen-bond acceptors (Lipinski definition) is 1. The summed E-state index contributed by atoms with van der Waals surface area (Å²) < 4.78 is 26.8. The van der Waals surface area contributed by atoms with Gasteiger partial charge in [0.25, 0.3) is 5.92 Å². The molecular formula is C10H12BrF2N. The van der Waals surface area contributed by atoms with E-state index < -0.39 is 12.5 Å². The second-order valence-electron chi connectivity index (χ2n) is 3.31. The van der Waals surface area contributed by atoms with Gasteiger partial charge in [-0.05, 0) is 30.2 Å². The molecule has 0 aromatic heterocycles. The third kappa shape index (κ3) is 3.03. The Labute approximate surface area is 90.4 Å². The molecule has 0 unspecified atom stereocenters. The third-order valence-corrected chi connectivity index (χ3v) is 2.55. The number of halogens is 3. The van der Waals surface area contributed by atoms with Crippen molar-refractivity contribution in [1.82, 2.24) is 0 Å². The van der Waals surface area contributed by atoms with Crippen molar-refractivity contribution in [2.45, 2.75) is 19.3 Å². The average Bonchev–Trinajstić information content (AvgIpc) is 2.11. The Hall–Kier alpha value is -0.480. The second kappa shape index (κ2) is 4.36. The van der Waals surface area contributed by atoms with Crippen LogP contribution >= 0.6 is 15.9 Å². The van der Waals surface area contributed by atoms with E-state index in [4.69, 9.17) is 5.73 Å². The topological polar surface area (TPSA) is 26.0 Å². The van der Waals surface area contributed by atoms with Crippen LogP contribution in [-0.4, -0.2) is 12.5 Å². The van der Waals surface area contributed by atoms with Crippen molar-refractivity contribution in [3.8, 4) is 0 Å². The van der Waals surface area contributed by atoms with Crippen molar-refractivity contribution in [2.24, 2.45) is 5.73 Å². The van der Waals surface area contributed by atoms with Crippen molar-refractivity contribution in [2.75, 3.05) is 6.54 Å². The fraction of sp³-hybridized carbons (Fsp3) is 0.400. The number of alkyl halides is 2. The summed E-state index contributed by atoms with van der Waals surface area (Å²) >= 11 is 3.25. The lowest BCUT2D eigenvalue weighted by atomic mass is 10.0. The van der Waals surface area contributed by atoms with Gasteiger partial charge in [-0.15, -0.1) is 0 Å². The van der Waals surface area contributed by atoms with Gasteiger partial charge >= 0.3 is 0 Å². The molecule has 0 saturated heterocycles. The molecule has 1 rings (SSSR count). The predicted octanol–water partition coefficient (Wildman–Crippen LogP) is 2.89. The van der Waals surface area contributed by atoms with Crippen LogP contribution in [0.5, 0.6) is 0 Å². The first-order valence-corrected chi connectivity index (χ1v) is 5.07. The van der Waals surface area contributed by atoms with Crippen LogP contribution in [0.4, 0.5) is 8.78 Å². The van der Waals surface area contributed by atoms with Gasteiger partial charge in [-0.2, -0.15) is 0 Å². The first kappa shape index (κ1) is 11.6. The van der Waals surface area contributed by atoms with Gasteiger partial charge < -0.3 is 5.73 Å². The molecule has 0 spiro atoms. The minimum Gasteiger partial charge on any atom is -0.325 e. The highest BCUT2D eigenvalue weighted by molar-refractivity contribution is 9.10. The molecule has 2 N–H and O–H groups in total. The largest absolute Gasteiger partial charge is 0.325 e. The number of nitrogens with two attached hydrogens (primary N) is 1. The highest BCUT2D eigenvalue weighted by atomic mass is 79.9. The zero-order valence-electron chi connectivity index (χ0n) is 7.86. The molecule has 0 atom stereocenters. The van der Waals surface area contributed by atoms with E-state index >= 15 is 0 Å². The summed E-state index contributed by atoms with van der Waals surface area (Å²) in [7, 11) is 0. The average molecular weight is 264 g/mol. The van der Waals surface area contributed by atoms with Gasteiger partial charge in [-0.1, -0.05) is 22.0 Å². The van der Waals surface area contributed by atoms with E-state index in [0.717, 1.165) is 10.0 Å². The molecule has 1 nitrogen and oxygen atoms in total. The predicted molar refractivity (Wildman–Crippen MR) is 56.6 cm³/mol. The molecule has 1 aromatic rings. The van der Waals surface area contributed by atoms with Crippen molar-refractivity contribution in [3.63, 3.8) is 0 Å². The van der Waals surface area contributed by atoms with E-state index in [0.29, 0.717) is 5.56 Å². The number of benzene rings is 1. The third-order valence-electron chi connectivity index (χ3n) is 2.06. The summed E-state index contributed by atoms with van der Waals surface area (Å²) in [5.41, 5.74) is 6.48. The number of rotatable bonds is 3. The van der Waals surface area contributed by atoms with Crippen molar-refractivity contribution < 1.29 is 8.78 Å². The number of aryl methyl sites for hydroxylation is 1. The normalized spacial score (nSPS) is 11.8. The minimum absolute atomic E-state index is 0.297. The second-order valence-corrected chi connectivity index (χ2v) is 4.22. The van der Waals surface area contributed by atoms with Crippen LogP contribution in [0.25, 0.3) is 0 Å². The molecule has 0 aliphatic carbocycles. The standard InChI is InChI=1S/C10H12BrF2N/c1-7-2-3-9(11)4-8(7)5-10(12,13)6-14/h2-4H,5-6,14H2,1H3. The lowest BCUT2D eigenvalue weighted by Gasteiger charge is -2.15. The molecule has 14 heavy (non-hydrogen) atoms. The van der Waals surface area contributed by atoms with Crippen molar-refractivity contribution >= 4 is 15.9 Å². The Morgan fingerprint density at radius 3 is 2.64 bits per heavy atom. The van der Waals surface area contributed by atoms with Crippen LogP contribution < -0.4 is 5.73 Å². The number of hydrogen-bond donors (Lipinski definition) is 1. The molecule has 0 radical (unpaired) electrons. The minimum atomic E-state index is -2.81. The Morgan fingerprint density at radius 2 is 2.07 bits per heavy atom. The van der Waals surface area contributed by atoms with Gasteiger partial charge in [0.1, 0.15) is 0 Å². The lowest BCUT2D eigenvalue weighted by Crippen LogP contribution is -2.30. The van der Waals surface area contributed by atoms with Gasteiger partial charge in [-0.25, -0.2) is 8.78 Å². The zero-order valence-corrected chi connectivity index (χ0v) is 9.44. The smallest absolute Gasteiger partial charge is 0.264 e. The van der Waals surface area contributed by atoms with E-state index in [2.05, 4.69) is 15.9 Å². The van der Waals surface area contributed by atoms with E-state index in [9.17, 15) is 8.78 Å². The van der Waals surface area contributed by atoms with Crippen molar-refractivity contribution in [1.29, 1.82) is 0 Å². The summed E-state index contributed by atoms with van der Waals surface area (Å²) in [6, 6.07) is 5.35. The molecule has 0 aliphatic heterocycles. The summed E-state index contributed by atoms with van der Waals surface area (Å²) in [5.74, 6) is -2.81. The molecule has 0 fully saturated rings. The maximum Gasteiger partial charge on any atom is 0.264 e. The fourth-order valence-electron chi connectivity index (χ4n) is 1.18. The molecule has 0 saturated carbocycles. The summed E-state index contributed by atoms with van der Waals surface area (Å²) in [4.78, 5) is 0. The molecule has 4 heteroatoms. The molecule has 0 aliphatic rings. The highest BCUT2D eigenvalue weighted by Crippen LogP contribution is 2.23. The molecule has 0 amide bonds. The van der Waals surface area contributed by atoms with Crippen molar-refractivity contribution in [3.05, 3.63) is 33.8 Å². The van der Waals surface area contributed by atoms with Gasteiger partial charge in [0.2, 0.25) is 0 Å². The molecule has 0 heterocycles. The maximum atomic E-state index is 13.0. The Balaban J connectivity index is 2.91. The molecule has 78 valence electrons. The summed E-state index contributed by atoms with van der Waals surface area (Å²) in [6.07, 6.45) is -0.297. The van der Waals surface area contributed by atoms with E-state index in [1.165, 1.54) is 0 Å². The first-order chi connectivity index (χ1) is 6.44. The first-order valence-electron chi connectivity index (χ1n) is 4.27. The Kier molecular flexibility index (Phi) is 3.61. The lowest BCUT2D eigenvalue weighted by molar-refractivity contribution is 0.0113. The molecule has 1 aromatic carbocycles. The molecular weight excluding hydrogens is 252 g/mol. The van der Waals surface area contributed by atoms with E-state index in [-0.39, 0.29) is 6.42 Å². The van der Waals surface area contributed by atoms with Crippen LogP contribution in [0.15, 0.2) is 22.7 Å². The van der Waals surface area contributed by atoms with Gasteiger partial charge in [0.15, 0.2) is 0 Å². The summed E-state index contributed by atoms with van der Waals surface area (Å²) in [6.45, 7) is 1.20. The van der Waals surface area contributed by atoms with Crippen LogP contribution in [0.2, 0.25) is 0 Å². The monoisotopic (exact) mass is 263 g/mol. The van der Waals surface area contributed by atoms with Crippen LogP contribution in [-0.2, 0) is 6.42 Å². The Morgan fingerprint density at radius 1 is 1.43 bits per heavy atom. The fourth-order valence-corrected chi connectivity index (χ4v) is 1.59. The zero-order chi connectivity index (χ0) is 10.8. The van der Waals surface area contributed by atoms with Gasteiger partial charge in [0.05, 0.1) is 6.54 Å². The summed E-state index contributed by atoms with van der Waals surface area (Å²) in [5, 5.41) is 0. The quantitative estimate of drug-likeness (QED) is 0.892. The van der Waals surface area contributed by atoms with Gasteiger partial charge in [0, 0.05) is 10.9 Å². The Bertz CT molecular complexity index is 326. The van der Waals surface area contributed by atoms with Crippen LogP contribution in [0, 0.1) is 6.92 Å². The molecule has 0 bridgehead atoms. The highest BCUT2D eigenvalue weighted by Gasteiger charge is 2.27. The van der Waals surface area contributed by atoms with Crippen LogP contribution in [0.3, 0.4) is 0 Å².